The van der Waals surface area contributed by atoms with E-state index in [0.29, 0.717) is 13.1 Å². The van der Waals surface area contributed by atoms with Crippen LogP contribution in [-0.4, -0.2) is 34.7 Å². The van der Waals surface area contributed by atoms with Crippen LogP contribution in [0.2, 0.25) is 0 Å². The fourth-order valence-corrected chi connectivity index (χ4v) is 3.67. The van der Waals surface area contributed by atoms with Crippen molar-refractivity contribution in [2.45, 2.75) is 26.9 Å². The van der Waals surface area contributed by atoms with Gasteiger partial charge in [-0.25, -0.2) is 4.39 Å². The van der Waals surface area contributed by atoms with Crippen LogP contribution in [0.1, 0.15) is 25.0 Å². The van der Waals surface area contributed by atoms with Crippen molar-refractivity contribution in [3.63, 3.8) is 0 Å². The first-order valence-corrected chi connectivity index (χ1v) is 10.1. The fourth-order valence-electron chi connectivity index (χ4n) is 3.67. The van der Waals surface area contributed by atoms with Gasteiger partial charge in [-0.2, -0.15) is 5.10 Å². The predicted octanol–water partition coefficient (Wildman–Crippen LogP) is 4.48. The number of nitrogens with zero attached hydrogens (tertiary/aromatic N) is 4. The van der Waals surface area contributed by atoms with Crippen LogP contribution in [0, 0.1) is 11.7 Å². The molecule has 3 rings (SSSR count). The van der Waals surface area contributed by atoms with Gasteiger partial charge in [-0.15, -0.1) is 0 Å². The van der Waals surface area contributed by atoms with E-state index in [1.165, 1.54) is 12.1 Å². The van der Waals surface area contributed by atoms with Gasteiger partial charge in [-0.3, -0.25) is 9.48 Å². The summed E-state index contributed by atoms with van der Waals surface area (Å²) in [6, 6.07) is 16.3. The van der Waals surface area contributed by atoms with Gasteiger partial charge in [-0.1, -0.05) is 56.3 Å². The number of halogens is 1. The number of benzene rings is 2. The molecule has 1 heterocycles. The van der Waals surface area contributed by atoms with Crippen molar-refractivity contribution in [1.29, 1.82) is 0 Å². The number of rotatable bonds is 7. The maximum absolute atomic E-state index is 13.3. The maximum atomic E-state index is 13.3. The molecule has 0 atom stereocenters. The van der Waals surface area contributed by atoms with Gasteiger partial charge in [0.05, 0.1) is 12.2 Å². The standard InChI is InChI=1S/C24H29FN4O/c1-17(2)24(30)29(15-18-11-13-20(25)14-12-18)16-21-22(19-9-7-6-8-10-19)26-28(5)23(21)27(3)4/h6-14,17H,15-16H2,1-5H3. The second-order valence-electron chi connectivity index (χ2n) is 8.01. The van der Waals surface area contributed by atoms with Gasteiger partial charge in [-0.05, 0) is 17.7 Å². The third-order valence-corrected chi connectivity index (χ3v) is 5.02. The highest BCUT2D eigenvalue weighted by Crippen LogP contribution is 2.32. The highest BCUT2D eigenvalue weighted by molar-refractivity contribution is 5.79. The Labute approximate surface area is 177 Å². The van der Waals surface area contributed by atoms with E-state index in [2.05, 4.69) is 0 Å². The van der Waals surface area contributed by atoms with Crippen molar-refractivity contribution < 1.29 is 9.18 Å². The van der Waals surface area contributed by atoms with E-state index >= 15 is 0 Å². The molecule has 2 aromatic carbocycles. The molecular formula is C24H29FN4O. The van der Waals surface area contributed by atoms with Crippen LogP contribution in [0.25, 0.3) is 11.3 Å². The molecule has 1 aromatic heterocycles. The van der Waals surface area contributed by atoms with Crippen molar-refractivity contribution in [3.05, 3.63) is 71.5 Å². The molecule has 0 unspecified atom stereocenters. The summed E-state index contributed by atoms with van der Waals surface area (Å²) in [6.45, 7) is 4.62. The Bertz CT molecular complexity index is 994. The molecule has 0 fully saturated rings. The summed E-state index contributed by atoms with van der Waals surface area (Å²) < 4.78 is 15.2. The molecule has 5 nitrogen and oxygen atoms in total. The Morgan fingerprint density at radius 1 is 1.03 bits per heavy atom. The summed E-state index contributed by atoms with van der Waals surface area (Å²) >= 11 is 0. The van der Waals surface area contributed by atoms with E-state index in [1.807, 2.05) is 79.8 Å². The summed E-state index contributed by atoms with van der Waals surface area (Å²) in [6.07, 6.45) is 0. The predicted molar refractivity (Wildman–Crippen MR) is 118 cm³/mol. The van der Waals surface area contributed by atoms with E-state index in [0.717, 1.165) is 28.2 Å². The third-order valence-electron chi connectivity index (χ3n) is 5.02. The molecule has 6 heteroatoms. The van der Waals surface area contributed by atoms with Gasteiger partial charge in [0, 0.05) is 44.7 Å². The number of carbonyl (C=O) groups excluding carboxylic acids is 1. The topological polar surface area (TPSA) is 41.4 Å². The molecule has 1 amide bonds. The van der Waals surface area contributed by atoms with E-state index < -0.39 is 0 Å². The van der Waals surface area contributed by atoms with Crippen LogP contribution >= 0.6 is 0 Å². The smallest absolute Gasteiger partial charge is 0.225 e. The van der Waals surface area contributed by atoms with Crippen molar-refractivity contribution in [1.82, 2.24) is 14.7 Å². The first-order valence-electron chi connectivity index (χ1n) is 10.1. The SMILES string of the molecule is CC(C)C(=O)N(Cc1ccc(F)cc1)Cc1c(-c2ccccc2)nn(C)c1N(C)C. The van der Waals surface area contributed by atoms with Crippen molar-refractivity contribution >= 4 is 11.7 Å². The van der Waals surface area contributed by atoms with E-state index in [-0.39, 0.29) is 17.6 Å². The van der Waals surface area contributed by atoms with Crippen LogP contribution in [0.3, 0.4) is 0 Å². The van der Waals surface area contributed by atoms with E-state index in [9.17, 15) is 9.18 Å². The average molecular weight is 409 g/mol. The molecule has 3 aromatic rings. The molecule has 0 saturated carbocycles. The van der Waals surface area contributed by atoms with Crippen molar-refractivity contribution in [2.24, 2.45) is 13.0 Å². The molecular weight excluding hydrogens is 379 g/mol. The normalized spacial score (nSPS) is 11.0. The van der Waals surface area contributed by atoms with E-state index in [1.54, 1.807) is 12.1 Å². The van der Waals surface area contributed by atoms with Gasteiger partial charge in [0.1, 0.15) is 11.6 Å². The zero-order valence-corrected chi connectivity index (χ0v) is 18.3. The van der Waals surface area contributed by atoms with Crippen LogP contribution in [0.4, 0.5) is 10.2 Å². The monoisotopic (exact) mass is 408 g/mol. The number of anilines is 1. The van der Waals surface area contributed by atoms with Gasteiger partial charge >= 0.3 is 0 Å². The zero-order valence-electron chi connectivity index (χ0n) is 18.3. The van der Waals surface area contributed by atoms with Gasteiger partial charge < -0.3 is 9.80 Å². The van der Waals surface area contributed by atoms with Crippen LogP contribution in [0.15, 0.2) is 54.6 Å². The minimum atomic E-state index is -0.283. The molecule has 158 valence electrons. The second-order valence-corrected chi connectivity index (χ2v) is 8.01. The molecule has 0 aliphatic rings. The number of amides is 1. The molecule has 0 spiro atoms. The zero-order chi connectivity index (χ0) is 21.8. The lowest BCUT2D eigenvalue weighted by Crippen LogP contribution is -2.34. The number of hydrogen-bond acceptors (Lipinski definition) is 3. The summed E-state index contributed by atoms with van der Waals surface area (Å²) in [5.74, 6) is 0.570. The van der Waals surface area contributed by atoms with Gasteiger partial charge in [0.2, 0.25) is 5.91 Å². The second kappa shape index (κ2) is 9.11. The third kappa shape index (κ3) is 4.70. The molecule has 0 aliphatic carbocycles. The molecule has 30 heavy (non-hydrogen) atoms. The number of aromatic nitrogens is 2. The highest BCUT2D eigenvalue weighted by Gasteiger charge is 2.25. The van der Waals surface area contributed by atoms with Gasteiger partial charge in [0.25, 0.3) is 0 Å². The lowest BCUT2D eigenvalue weighted by atomic mass is 10.1. The van der Waals surface area contributed by atoms with Crippen LogP contribution < -0.4 is 4.90 Å². The molecule has 0 bridgehead atoms. The highest BCUT2D eigenvalue weighted by atomic mass is 19.1. The Morgan fingerprint density at radius 2 is 1.67 bits per heavy atom. The summed E-state index contributed by atoms with van der Waals surface area (Å²) in [5.41, 5.74) is 3.75. The summed E-state index contributed by atoms with van der Waals surface area (Å²) in [7, 11) is 5.87. The van der Waals surface area contributed by atoms with Gasteiger partial charge in [0.15, 0.2) is 0 Å². The number of carbonyl (C=O) groups is 1. The minimum absolute atomic E-state index is 0.0481. The minimum Gasteiger partial charge on any atom is -0.363 e. The summed E-state index contributed by atoms with van der Waals surface area (Å²) in [4.78, 5) is 16.9. The first kappa shape index (κ1) is 21.6. The lowest BCUT2D eigenvalue weighted by Gasteiger charge is -2.26. The fraction of sp³-hybridized carbons (Fsp3) is 0.333. The Morgan fingerprint density at radius 3 is 2.23 bits per heavy atom. The van der Waals surface area contributed by atoms with Crippen molar-refractivity contribution in [3.8, 4) is 11.3 Å². The van der Waals surface area contributed by atoms with Crippen LogP contribution in [-0.2, 0) is 24.9 Å². The van der Waals surface area contributed by atoms with E-state index in [4.69, 9.17) is 5.10 Å². The Kier molecular flexibility index (Phi) is 6.55. The molecule has 0 radical (unpaired) electrons. The lowest BCUT2D eigenvalue weighted by molar-refractivity contribution is -0.135. The maximum Gasteiger partial charge on any atom is 0.225 e. The average Bonchev–Trinajstić information content (AvgIpc) is 3.05. The quantitative estimate of drug-likeness (QED) is 0.579. The largest absolute Gasteiger partial charge is 0.363 e. The molecule has 0 saturated heterocycles. The number of hydrogen-bond donors (Lipinski definition) is 0. The molecule has 0 N–H and O–H groups in total. The van der Waals surface area contributed by atoms with Crippen molar-refractivity contribution in [2.75, 3.05) is 19.0 Å². The Balaban J connectivity index is 2.04. The molecule has 0 aliphatic heterocycles. The number of aryl methyl sites for hydroxylation is 1. The summed E-state index contributed by atoms with van der Waals surface area (Å²) in [5, 5.41) is 4.77. The van der Waals surface area contributed by atoms with Crippen LogP contribution in [0.5, 0.6) is 0 Å². The first-order chi connectivity index (χ1) is 14.3. The Hall–Kier alpha value is -3.15.